The van der Waals surface area contributed by atoms with Gasteiger partial charge in [0, 0.05) is 5.56 Å². The van der Waals surface area contributed by atoms with Gasteiger partial charge in [0.15, 0.2) is 0 Å². The van der Waals surface area contributed by atoms with E-state index in [0.29, 0.717) is 12.2 Å². The molecule has 0 aliphatic rings. The molecule has 74 valence electrons. The fourth-order valence-corrected chi connectivity index (χ4v) is 0.872. The van der Waals surface area contributed by atoms with Crippen LogP contribution in [0.3, 0.4) is 0 Å². The van der Waals surface area contributed by atoms with Crippen LogP contribution >= 0.6 is 0 Å². The molecule has 0 saturated heterocycles. The van der Waals surface area contributed by atoms with Gasteiger partial charge in [-0.1, -0.05) is 25.6 Å². The summed E-state index contributed by atoms with van der Waals surface area (Å²) in [5, 5.41) is 0. The van der Waals surface area contributed by atoms with Crippen LogP contribution in [-0.4, -0.2) is 6.10 Å². The fraction of sp³-hybridized carbons (Fsp3) is 0.455. The summed E-state index contributed by atoms with van der Waals surface area (Å²) < 4.78 is 18.2. The monoisotopic (exact) mass is 184 g/mol. The van der Waals surface area contributed by atoms with Gasteiger partial charge in [-0.3, -0.25) is 0 Å². The molecule has 0 N–H and O–H groups in total. The predicted molar refractivity (Wildman–Crippen MR) is 53.1 cm³/mol. The molecule has 0 fully saturated rings. The zero-order chi connectivity index (χ0) is 8.97. The second kappa shape index (κ2) is 5.70. The maximum atomic E-state index is 13.0. The Hall–Kier alpha value is -0.890. The van der Waals surface area contributed by atoms with Gasteiger partial charge in [-0.25, -0.2) is 4.39 Å². The molecule has 0 radical (unpaired) electrons. The second-order valence-electron chi connectivity index (χ2n) is 2.95. The van der Waals surface area contributed by atoms with E-state index in [-0.39, 0.29) is 19.3 Å². The van der Waals surface area contributed by atoms with Crippen molar-refractivity contribution in [1.82, 2.24) is 0 Å². The molecule has 1 rings (SSSR count). The van der Waals surface area contributed by atoms with Crippen LogP contribution in [-0.2, 0) is 11.3 Å². The third-order valence-corrected chi connectivity index (χ3v) is 1.53. The molecular formula is C11H17FO. The lowest BCUT2D eigenvalue weighted by Crippen LogP contribution is -2.03. The molecule has 13 heavy (non-hydrogen) atoms. The minimum Gasteiger partial charge on any atom is -0.374 e. The number of ether oxygens (including phenoxy) is 1. The van der Waals surface area contributed by atoms with E-state index in [1.807, 2.05) is 19.9 Å². The van der Waals surface area contributed by atoms with Gasteiger partial charge in [-0.15, -0.1) is 0 Å². The van der Waals surface area contributed by atoms with Gasteiger partial charge in [0.2, 0.25) is 0 Å². The fourth-order valence-electron chi connectivity index (χ4n) is 0.872. The molecule has 0 aliphatic heterocycles. The summed E-state index contributed by atoms with van der Waals surface area (Å²) in [7, 11) is 0. The molecule has 1 aromatic rings. The molecule has 0 amide bonds. The van der Waals surface area contributed by atoms with E-state index in [0.717, 1.165) is 0 Å². The first-order valence-electron chi connectivity index (χ1n) is 4.05. The summed E-state index contributed by atoms with van der Waals surface area (Å²) in [5.41, 5.74) is 0.617. The minimum atomic E-state index is -0.196. The molecule has 0 bridgehead atoms. The maximum Gasteiger partial charge on any atom is 0.128 e. The van der Waals surface area contributed by atoms with Crippen LogP contribution < -0.4 is 0 Å². The highest BCUT2D eigenvalue weighted by Crippen LogP contribution is 2.08. The van der Waals surface area contributed by atoms with Crippen molar-refractivity contribution >= 4 is 0 Å². The van der Waals surface area contributed by atoms with E-state index in [1.165, 1.54) is 6.07 Å². The SMILES string of the molecule is C.CC(C)OCc1ccccc1F. The van der Waals surface area contributed by atoms with Crippen LogP contribution in [0.25, 0.3) is 0 Å². The molecule has 1 nitrogen and oxygen atoms in total. The summed E-state index contributed by atoms with van der Waals surface area (Å²) in [6.07, 6.45) is 0.143. The van der Waals surface area contributed by atoms with Gasteiger partial charge in [0.1, 0.15) is 5.82 Å². The Bertz CT molecular complexity index is 246. The number of halogens is 1. The number of hydrogen-bond donors (Lipinski definition) is 0. The van der Waals surface area contributed by atoms with Crippen molar-refractivity contribution in [2.45, 2.75) is 34.0 Å². The highest BCUT2D eigenvalue weighted by Gasteiger charge is 2.00. The molecule has 0 heterocycles. The average molecular weight is 184 g/mol. The van der Waals surface area contributed by atoms with Crippen LogP contribution in [0.15, 0.2) is 24.3 Å². The van der Waals surface area contributed by atoms with Crippen LogP contribution in [0.2, 0.25) is 0 Å². The topological polar surface area (TPSA) is 9.23 Å². The maximum absolute atomic E-state index is 13.0. The van der Waals surface area contributed by atoms with Gasteiger partial charge >= 0.3 is 0 Å². The minimum absolute atomic E-state index is 0. The zero-order valence-corrected chi connectivity index (χ0v) is 7.38. The Morgan fingerprint density at radius 3 is 2.46 bits per heavy atom. The lowest BCUT2D eigenvalue weighted by atomic mass is 10.2. The van der Waals surface area contributed by atoms with Crippen molar-refractivity contribution in [3.8, 4) is 0 Å². The van der Waals surface area contributed by atoms with Crippen molar-refractivity contribution in [1.29, 1.82) is 0 Å². The quantitative estimate of drug-likeness (QED) is 0.699. The molecule has 1 aromatic carbocycles. The average Bonchev–Trinajstić information content (AvgIpc) is 2.03. The summed E-state index contributed by atoms with van der Waals surface area (Å²) in [5.74, 6) is -0.196. The first-order valence-corrected chi connectivity index (χ1v) is 4.05. The molecular weight excluding hydrogens is 167 g/mol. The summed E-state index contributed by atoms with van der Waals surface area (Å²) >= 11 is 0. The zero-order valence-electron chi connectivity index (χ0n) is 7.38. The lowest BCUT2D eigenvalue weighted by molar-refractivity contribution is 0.0639. The summed E-state index contributed by atoms with van der Waals surface area (Å²) in [4.78, 5) is 0. The van der Waals surface area contributed by atoms with Crippen LogP contribution in [0.1, 0.15) is 26.8 Å². The predicted octanol–water partition coefficient (Wildman–Crippen LogP) is 3.39. The Morgan fingerprint density at radius 2 is 1.92 bits per heavy atom. The molecule has 0 spiro atoms. The van der Waals surface area contributed by atoms with Crippen molar-refractivity contribution in [3.05, 3.63) is 35.6 Å². The standard InChI is InChI=1S/C10H13FO.CH4/c1-8(2)12-7-9-5-3-4-6-10(9)11;/h3-6,8H,7H2,1-2H3;1H4. The first kappa shape index (κ1) is 12.1. The Labute approximate surface area is 79.5 Å². The van der Waals surface area contributed by atoms with Crippen LogP contribution in [0.5, 0.6) is 0 Å². The number of rotatable bonds is 3. The van der Waals surface area contributed by atoms with Crippen LogP contribution in [0.4, 0.5) is 4.39 Å². The second-order valence-corrected chi connectivity index (χ2v) is 2.95. The number of hydrogen-bond acceptors (Lipinski definition) is 1. The lowest BCUT2D eigenvalue weighted by Gasteiger charge is -2.07. The Morgan fingerprint density at radius 1 is 1.31 bits per heavy atom. The first-order chi connectivity index (χ1) is 5.70. The van der Waals surface area contributed by atoms with Crippen molar-refractivity contribution in [3.63, 3.8) is 0 Å². The van der Waals surface area contributed by atoms with E-state index >= 15 is 0 Å². The molecule has 0 atom stereocenters. The van der Waals surface area contributed by atoms with Crippen LogP contribution in [0, 0.1) is 5.82 Å². The van der Waals surface area contributed by atoms with Gasteiger partial charge in [0.05, 0.1) is 12.7 Å². The van der Waals surface area contributed by atoms with E-state index in [9.17, 15) is 4.39 Å². The summed E-state index contributed by atoms with van der Waals surface area (Å²) in [6.45, 7) is 4.21. The smallest absolute Gasteiger partial charge is 0.128 e. The van der Waals surface area contributed by atoms with Gasteiger partial charge in [0.25, 0.3) is 0 Å². The third-order valence-electron chi connectivity index (χ3n) is 1.53. The molecule has 2 heteroatoms. The molecule has 0 saturated carbocycles. The van der Waals surface area contributed by atoms with Gasteiger partial charge < -0.3 is 4.74 Å². The molecule has 0 aliphatic carbocycles. The van der Waals surface area contributed by atoms with Crippen molar-refractivity contribution < 1.29 is 9.13 Å². The Kier molecular flexibility index (Phi) is 5.31. The largest absolute Gasteiger partial charge is 0.374 e. The van der Waals surface area contributed by atoms with Crippen molar-refractivity contribution in [2.75, 3.05) is 0 Å². The highest BCUT2D eigenvalue weighted by atomic mass is 19.1. The molecule has 0 aromatic heterocycles. The van der Waals surface area contributed by atoms with E-state index in [1.54, 1.807) is 12.1 Å². The number of benzene rings is 1. The summed E-state index contributed by atoms with van der Waals surface area (Å²) in [6, 6.07) is 6.66. The normalized spacial score (nSPS) is 9.85. The third kappa shape index (κ3) is 4.04. The van der Waals surface area contributed by atoms with E-state index < -0.39 is 0 Å². The highest BCUT2D eigenvalue weighted by molar-refractivity contribution is 5.16. The Balaban J connectivity index is 0.00000144. The molecule has 0 unspecified atom stereocenters. The van der Waals surface area contributed by atoms with Gasteiger partial charge in [-0.05, 0) is 19.9 Å². The van der Waals surface area contributed by atoms with E-state index in [2.05, 4.69) is 0 Å². The van der Waals surface area contributed by atoms with Crippen molar-refractivity contribution in [2.24, 2.45) is 0 Å². The van der Waals surface area contributed by atoms with E-state index in [4.69, 9.17) is 4.74 Å². The van der Waals surface area contributed by atoms with Gasteiger partial charge in [-0.2, -0.15) is 0 Å².